The van der Waals surface area contributed by atoms with Crippen LogP contribution >= 0.6 is 11.3 Å². The van der Waals surface area contributed by atoms with Gasteiger partial charge >= 0.3 is 6.18 Å². The molecule has 2 rings (SSSR count). The van der Waals surface area contributed by atoms with Gasteiger partial charge in [-0.2, -0.15) is 13.2 Å². The fourth-order valence-electron chi connectivity index (χ4n) is 1.67. The third kappa shape index (κ3) is 2.73. The first-order valence-electron chi connectivity index (χ1n) is 5.47. The number of rotatable bonds is 3. The number of alkyl halides is 3. The van der Waals surface area contributed by atoms with E-state index in [1.165, 1.54) is 24.5 Å². The number of pyridine rings is 1. The van der Waals surface area contributed by atoms with Gasteiger partial charge < -0.3 is 4.74 Å². The Morgan fingerprint density at radius 2 is 2.00 bits per heavy atom. The molecule has 0 atom stereocenters. The minimum atomic E-state index is -4.44. The zero-order chi connectivity index (χ0) is 14.0. The Morgan fingerprint density at radius 1 is 1.26 bits per heavy atom. The molecule has 2 aromatic rings. The van der Waals surface area contributed by atoms with Gasteiger partial charge in [-0.25, -0.2) is 0 Å². The maximum atomic E-state index is 13.0. The summed E-state index contributed by atoms with van der Waals surface area (Å²) in [5.74, 6) is 0.399. The zero-order valence-electron chi connectivity index (χ0n) is 10.3. The molecule has 2 nitrogen and oxygen atoms in total. The maximum Gasteiger partial charge on any atom is 0.418 e. The quantitative estimate of drug-likeness (QED) is 0.833. The largest absolute Gasteiger partial charge is 0.495 e. The summed E-state index contributed by atoms with van der Waals surface area (Å²) in [4.78, 5) is 4.45. The molecule has 101 valence electrons. The standard InChI is InChI=1S/C13H11F3NOS/c1-3-8-4-5-9(13(14,15)16)11(17-8)12-10(18-2)6-7-19-12/h3-7H,1-2H3. The Morgan fingerprint density at radius 3 is 2.58 bits per heavy atom. The highest BCUT2D eigenvalue weighted by Crippen LogP contribution is 2.42. The molecule has 2 heterocycles. The summed E-state index contributed by atoms with van der Waals surface area (Å²) in [6, 6.07) is 4.04. The average Bonchev–Trinajstić information content (AvgIpc) is 2.85. The van der Waals surface area contributed by atoms with Crippen molar-refractivity contribution in [1.82, 2.24) is 4.98 Å². The van der Waals surface area contributed by atoms with Gasteiger partial charge in [0, 0.05) is 12.1 Å². The van der Waals surface area contributed by atoms with Crippen LogP contribution in [0.2, 0.25) is 0 Å². The van der Waals surface area contributed by atoms with E-state index in [4.69, 9.17) is 4.74 Å². The maximum absolute atomic E-state index is 13.0. The van der Waals surface area contributed by atoms with E-state index in [9.17, 15) is 13.2 Å². The molecule has 0 amide bonds. The van der Waals surface area contributed by atoms with Crippen LogP contribution in [0.15, 0.2) is 23.6 Å². The average molecular weight is 286 g/mol. The van der Waals surface area contributed by atoms with Crippen LogP contribution in [0.25, 0.3) is 10.6 Å². The van der Waals surface area contributed by atoms with E-state index in [1.54, 1.807) is 24.8 Å². The minimum absolute atomic E-state index is 0.0880. The first kappa shape index (κ1) is 13.9. The second kappa shape index (κ2) is 5.21. The lowest BCUT2D eigenvalue weighted by molar-refractivity contribution is -0.137. The SMILES string of the molecule is C[CH]c1ccc(C(F)(F)F)c(-c2sccc2OC)n1. The molecule has 0 saturated carbocycles. The smallest absolute Gasteiger partial charge is 0.418 e. The third-order valence-electron chi connectivity index (χ3n) is 2.58. The van der Waals surface area contributed by atoms with E-state index >= 15 is 0 Å². The molecule has 0 aromatic carbocycles. The van der Waals surface area contributed by atoms with Crippen LogP contribution in [-0.2, 0) is 6.18 Å². The Hall–Kier alpha value is -1.56. The normalized spacial score (nSPS) is 11.6. The van der Waals surface area contributed by atoms with Crippen molar-refractivity contribution in [2.24, 2.45) is 0 Å². The summed E-state index contributed by atoms with van der Waals surface area (Å²) >= 11 is 1.18. The molecule has 0 fully saturated rings. The molecule has 1 radical (unpaired) electrons. The molecular formula is C13H11F3NOS. The van der Waals surface area contributed by atoms with Crippen molar-refractivity contribution in [2.75, 3.05) is 7.11 Å². The van der Waals surface area contributed by atoms with Crippen molar-refractivity contribution < 1.29 is 17.9 Å². The summed E-state index contributed by atoms with van der Waals surface area (Å²) in [6.45, 7) is 1.73. The van der Waals surface area contributed by atoms with Crippen LogP contribution in [0.5, 0.6) is 5.75 Å². The predicted molar refractivity (Wildman–Crippen MR) is 68.2 cm³/mol. The summed E-state index contributed by atoms with van der Waals surface area (Å²) in [6.07, 6.45) is -2.78. The molecule has 0 saturated heterocycles. The van der Waals surface area contributed by atoms with Gasteiger partial charge in [-0.1, -0.05) is 6.92 Å². The van der Waals surface area contributed by atoms with Crippen LogP contribution in [0.1, 0.15) is 18.2 Å². The summed E-state index contributed by atoms with van der Waals surface area (Å²) in [5.41, 5.74) is -0.341. The Balaban J connectivity index is 2.65. The van der Waals surface area contributed by atoms with Gasteiger partial charge in [0.25, 0.3) is 0 Å². The van der Waals surface area contributed by atoms with Crippen LogP contribution in [0.4, 0.5) is 13.2 Å². The molecule has 0 bridgehead atoms. The lowest BCUT2D eigenvalue weighted by atomic mass is 10.1. The van der Waals surface area contributed by atoms with Crippen molar-refractivity contribution in [3.8, 4) is 16.3 Å². The van der Waals surface area contributed by atoms with Crippen molar-refractivity contribution >= 4 is 11.3 Å². The zero-order valence-corrected chi connectivity index (χ0v) is 11.1. The fraction of sp³-hybridized carbons (Fsp3) is 0.231. The molecule has 19 heavy (non-hydrogen) atoms. The number of aromatic nitrogens is 1. The van der Waals surface area contributed by atoms with Gasteiger partial charge in [-0.15, -0.1) is 11.3 Å². The Bertz CT molecular complexity index is 578. The first-order chi connectivity index (χ1) is 8.97. The molecule has 0 unspecified atom stereocenters. The fourth-order valence-corrected chi connectivity index (χ4v) is 2.53. The predicted octanol–water partition coefficient (Wildman–Crippen LogP) is 4.41. The topological polar surface area (TPSA) is 22.1 Å². The number of nitrogens with zero attached hydrogens (tertiary/aromatic N) is 1. The van der Waals surface area contributed by atoms with E-state index in [0.717, 1.165) is 6.07 Å². The number of thiophene rings is 1. The number of halogens is 3. The summed E-state index contributed by atoms with van der Waals surface area (Å²) in [7, 11) is 1.43. The minimum Gasteiger partial charge on any atom is -0.495 e. The van der Waals surface area contributed by atoms with Gasteiger partial charge in [0.2, 0.25) is 0 Å². The van der Waals surface area contributed by atoms with E-state index in [-0.39, 0.29) is 5.69 Å². The van der Waals surface area contributed by atoms with E-state index in [2.05, 4.69) is 4.98 Å². The van der Waals surface area contributed by atoms with Gasteiger partial charge in [0.05, 0.1) is 23.2 Å². The summed E-state index contributed by atoms with van der Waals surface area (Å²) in [5, 5.41) is 1.68. The van der Waals surface area contributed by atoms with Gasteiger partial charge in [0.1, 0.15) is 5.75 Å². The Kier molecular flexibility index (Phi) is 3.80. The molecule has 0 aliphatic carbocycles. The lowest BCUT2D eigenvalue weighted by Crippen LogP contribution is -2.09. The van der Waals surface area contributed by atoms with Crippen LogP contribution < -0.4 is 4.74 Å². The number of hydrogen-bond donors (Lipinski definition) is 0. The van der Waals surface area contributed by atoms with E-state index < -0.39 is 11.7 Å². The second-order valence-corrected chi connectivity index (χ2v) is 4.65. The second-order valence-electron chi connectivity index (χ2n) is 3.74. The first-order valence-corrected chi connectivity index (χ1v) is 6.34. The Labute approximate surface area is 112 Å². The number of hydrogen-bond acceptors (Lipinski definition) is 3. The van der Waals surface area contributed by atoms with Crippen LogP contribution in [0.3, 0.4) is 0 Å². The lowest BCUT2D eigenvalue weighted by Gasteiger charge is -2.13. The number of methoxy groups -OCH3 is 1. The molecule has 0 N–H and O–H groups in total. The summed E-state index contributed by atoms with van der Waals surface area (Å²) < 4.78 is 44.1. The molecular weight excluding hydrogens is 275 g/mol. The number of ether oxygens (including phenoxy) is 1. The molecule has 0 spiro atoms. The van der Waals surface area contributed by atoms with Gasteiger partial charge in [-0.05, 0) is 23.6 Å². The van der Waals surface area contributed by atoms with Crippen molar-refractivity contribution in [3.05, 3.63) is 41.3 Å². The highest BCUT2D eigenvalue weighted by Gasteiger charge is 2.35. The highest BCUT2D eigenvalue weighted by molar-refractivity contribution is 7.14. The van der Waals surface area contributed by atoms with Crippen LogP contribution in [0, 0.1) is 6.42 Å². The third-order valence-corrected chi connectivity index (χ3v) is 3.48. The van der Waals surface area contributed by atoms with Crippen molar-refractivity contribution in [2.45, 2.75) is 13.1 Å². The molecule has 2 aromatic heterocycles. The van der Waals surface area contributed by atoms with E-state index in [1.807, 2.05) is 0 Å². The molecule has 0 aliphatic rings. The van der Waals surface area contributed by atoms with Gasteiger partial charge in [-0.3, -0.25) is 4.98 Å². The molecule has 0 aliphatic heterocycles. The van der Waals surface area contributed by atoms with Crippen molar-refractivity contribution in [1.29, 1.82) is 0 Å². The van der Waals surface area contributed by atoms with E-state index in [0.29, 0.717) is 16.3 Å². The highest BCUT2D eigenvalue weighted by atomic mass is 32.1. The monoisotopic (exact) mass is 286 g/mol. The molecule has 6 heteroatoms. The van der Waals surface area contributed by atoms with Crippen molar-refractivity contribution in [3.63, 3.8) is 0 Å². The van der Waals surface area contributed by atoms with Gasteiger partial charge in [0.15, 0.2) is 0 Å². The van der Waals surface area contributed by atoms with Crippen LogP contribution in [-0.4, -0.2) is 12.1 Å².